The minimum Gasteiger partial charge on any atom is -0.300 e. The van der Waals surface area contributed by atoms with Gasteiger partial charge in [0.1, 0.15) is 4.49 Å². The Labute approximate surface area is 71.6 Å². The minimum atomic E-state index is 0.381. The number of halogens is 2. The van der Waals surface area contributed by atoms with E-state index >= 15 is 0 Å². The van der Waals surface area contributed by atoms with Gasteiger partial charge in [-0.15, -0.1) is 0 Å². The van der Waals surface area contributed by atoms with Gasteiger partial charge in [0.15, 0.2) is 0 Å². The Hall–Kier alpha value is 0.280. The van der Waals surface area contributed by atoms with Gasteiger partial charge in [-0.1, -0.05) is 23.2 Å². The Morgan fingerprint density at radius 1 is 1.30 bits per heavy atom. The maximum atomic E-state index is 5.46. The predicted molar refractivity (Wildman–Crippen MR) is 45.5 cm³/mol. The summed E-state index contributed by atoms with van der Waals surface area (Å²) in [5.74, 6) is 0. The van der Waals surface area contributed by atoms with Crippen LogP contribution in [0.4, 0.5) is 0 Å². The Bertz CT molecular complexity index is 124. The third kappa shape index (κ3) is 2.91. The highest BCUT2D eigenvalue weighted by molar-refractivity contribution is 6.55. The molecule has 0 N–H and O–H groups in total. The summed E-state index contributed by atoms with van der Waals surface area (Å²) < 4.78 is 0.381. The Kier molecular flexibility index (Phi) is 3.53. The lowest BCUT2D eigenvalue weighted by Gasteiger charge is -2.09. The number of rotatable bonds is 2. The second-order valence-electron chi connectivity index (χ2n) is 2.50. The molecule has 0 bridgehead atoms. The molecule has 0 spiro atoms. The van der Waals surface area contributed by atoms with Gasteiger partial charge in [0.2, 0.25) is 0 Å². The minimum absolute atomic E-state index is 0.381. The molecule has 0 unspecified atom stereocenters. The van der Waals surface area contributed by atoms with E-state index in [9.17, 15) is 0 Å². The van der Waals surface area contributed by atoms with Crippen LogP contribution >= 0.6 is 23.2 Å². The van der Waals surface area contributed by atoms with Gasteiger partial charge in [0.25, 0.3) is 0 Å². The molecule has 0 aromatic heterocycles. The molecular weight excluding hydrogens is 169 g/mol. The quantitative estimate of drug-likeness (QED) is 0.630. The van der Waals surface area contributed by atoms with E-state index in [1.807, 2.05) is 6.08 Å². The molecule has 1 fully saturated rings. The molecule has 0 amide bonds. The van der Waals surface area contributed by atoms with Crippen molar-refractivity contribution in [3.05, 3.63) is 10.6 Å². The summed E-state index contributed by atoms with van der Waals surface area (Å²) in [5.41, 5.74) is 0. The molecule has 1 heterocycles. The van der Waals surface area contributed by atoms with Gasteiger partial charge in [-0.2, -0.15) is 0 Å². The van der Waals surface area contributed by atoms with Crippen LogP contribution in [0.15, 0.2) is 10.6 Å². The molecule has 1 nitrogen and oxygen atoms in total. The van der Waals surface area contributed by atoms with Crippen LogP contribution in [-0.2, 0) is 0 Å². The maximum absolute atomic E-state index is 5.46. The van der Waals surface area contributed by atoms with Gasteiger partial charge in [-0.25, -0.2) is 0 Å². The molecule has 0 saturated carbocycles. The largest absolute Gasteiger partial charge is 0.300 e. The molecule has 1 saturated heterocycles. The lowest BCUT2D eigenvalue weighted by Crippen LogP contribution is -2.18. The highest BCUT2D eigenvalue weighted by atomic mass is 35.5. The number of hydrogen-bond acceptors (Lipinski definition) is 1. The van der Waals surface area contributed by atoms with Gasteiger partial charge in [-0.3, -0.25) is 4.90 Å². The summed E-state index contributed by atoms with van der Waals surface area (Å²) in [5, 5.41) is 0. The van der Waals surface area contributed by atoms with E-state index in [1.54, 1.807) is 0 Å². The first-order valence-electron chi connectivity index (χ1n) is 3.52. The van der Waals surface area contributed by atoms with Crippen LogP contribution in [-0.4, -0.2) is 24.5 Å². The van der Waals surface area contributed by atoms with E-state index in [0.29, 0.717) is 4.49 Å². The van der Waals surface area contributed by atoms with Crippen molar-refractivity contribution in [3.63, 3.8) is 0 Å². The fourth-order valence-electron chi connectivity index (χ4n) is 1.16. The molecular formula is C7H11Cl2N. The molecule has 58 valence electrons. The second kappa shape index (κ2) is 4.22. The maximum Gasteiger partial charge on any atom is 0.104 e. The van der Waals surface area contributed by atoms with Crippen molar-refractivity contribution in [3.8, 4) is 0 Å². The van der Waals surface area contributed by atoms with Gasteiger partial charge in [0, 0.05) is 6.54 Å². The molecule has 0 aromatic carbocycles. The summed E-state index contributed by atoms with van der Waals surface area (Å²) in [6.45, 7) is 3.29. The zero-order valence-electron chi connectivity index (χ0n) is 5.82. The Balaban J connectivity index is 2.18. The third-order valence-corrected chi connectivity index (χ3v) is 2.01. The van der Waals surface area contributed by atoms with Crippen LogP contribution < -0.4 is 0 Å². The molecule has 1 aliphatic rings. The van der Waals surface area contributed by atoms with E-state index in [1.165, 1.54) is 25.9 Å². The van der Waals surface area contributed by atoms with E-state index in [-0.39, 0.29) is 0 Å². The van der Waals surface area contributed by atoms with Crippen LogP contribution in [0.3, 0.4) is 0 Å². The third-order valence-electron chi connectivity index (χ3n) is 1.70. The highest BCUT2D eigenvalue weighted by Crippen LogP contribution is 2.10. The first-order chi connectivity index (χ1) is 4.79. The fraction of sp³-hybridized carbons (Fsp3) is 0.714. The van der Waals surface area contributed by atoms with Crippen molar-refractivity contribution in [1.82, 2.24) is 4.90 Å². The smallest absolute Gasteiger partial charge is 0.104 e. The first-order valence-corrected chi connectivity index (χ1v) is 4.28. The lowest BCUT2D eigenvalue weighted by molar-refractivity contribution is 0.377. The molecule has 0 atom stereocenters. The second-order valence-corrected chi connectivity index (χ2v) is 3.51. The van der Waals surface area contributed by atoms with Crippen molar-refractivity contribution < 1.29 is 0 Å². The highest BCUT2D eigenvalue weighted by Gasteiger charge is 2.08. The Morgan fingerprint density at radius 2 is 1.90 bits per heavy atom. The number of hydrogen-bond donors (Lipinski definition) is 0. The summed E-state index contributed by atoms with van der Waals surface area (Å²) in [6, 6.07) is 0. The molecule has 1 rings (SSSR count). The SMILES string of the molecule is ClC(Cl)=CCN1CCCC1. The summed E-state index contributed by atoms with van der Waals surface area (Å²) in [4.78, 5) is 2.34. The van der Waals surface area contributed by atoms with Gasteiger partial charge in [0.05, 0.1) is 0 Å². The van der Waals surface area contributed by atoms with Crippen molar-refractivity contribution in [1.29, 1.82) is 0 Å². The monoisotopic (exact) mass is 179 g/mol. The Morgan fingerprint density at radius 3 is 2.40 bits per heavy atom. The average molecular weight is 180 g/mol. The first kappa shape index (κ1) is 8.38. The molecule has 0 aliphatic carbocycles. The fourth-order valence-corrected chi connectivity index (χ4v) is 1.30. The molecule has 3 heteroatoms. The van der Waals surface area contributed by atoms with Gasteiger partial charge >= 0.3 is 0 Å². The zero-order valence-corrected chi connectivity index (χ0v) is 7.33. The van der Waals surface area contributed by atoms with E-state index in [4.69, 9.17) is 23.2 Å². The van der Waals surface area contributed by atoms with Crippen molar-refractivity contribution in [2.75, 3.05) is 19.6 Å². The van der Waals surface area contributed by atoms with Crippen molar-refractivity contribution in [2.45, 2.75) is 12.8 Å². The van der Waals surface area contributed by atoms with Crippen molar-refractivity contribution >= 4 is 23.2 Å². The van der Waals surface area contributed by atoms with Crippen LogP contribution in [0.1, 0.15) is 12.8 Å². The average Bonchev–Trinajstić information content (AvgIpc) is 2.34. The molecule has 10 heavy (non-hydrogen) atoms. The van der Waals surface area contributed by atoms with Crippen LogP contribution in [0, 0.1) is 0 Å². The van der Waals surface area contributed by atoms with Crippen molar-refractivity contribution in [2.24, 2.45) is 0 Å². The number of likely N-dealkylation sites (tertiary alicyclic amines) is 1. The van der Waals surface area contributed by atoms with E-state index in [0.717, 1.165) is 6.54 Å². The lowest BCUT2D eigenvalue weighted by atomic mass is 10.4. The molecule has 0 aromatic rings. The summed E-state index contributed by atoms with van der Waals surface area (Å²) in [7, 11) is 0. The van der Waals surface area contributed by atoms with Crippen LogP contribution in [0.5, 0.6) is 0 Å². The zero-order chi connectivity index (χ0) is 7.40. The number of nitrogens with zero attached hydrogens (tertiary/aromatic N) is 1. The summed E-state index contributed by atoms with van der Waals surface area (Å²) in [6.07, 6.45) is 4.47. The normalized spacial score (nSPS) is 19.4. The van der Waals surface area contributed by atoms with E-state index in [2.05, 4.69) is 4.90 Å². The predicted octanol–water partition coefficient (Wildman–Crippen LogP) is 2.40. The standard InChI is InChI=1S/C7H11Cl2N/c8-7(9)3-6-10-4-1-2-5-10/h3H,1-2,4-6H2. The van der Waals surface area contributed by atoms with E-state index < -0.39 is 0 Å². The van der Waals surface area contributed by atoms with Gasteiger partial charge in [-0.05, 0) is 32.0 Å². The van der Waals surface area contributed by atoms with Crippen LogP contribution in [0.2, 0.25) is 0 Å². The van der Waals surface area contributed by atoms with Gasteiger partial charge < -0.3 is 0 Å². The molecule has 0 radical (unpaired) electrons. The topological polar surface area (TPSA) is 3.24 Å². The van der Waals surface area contributed by atoms with Crippen LogP contribution in [0.25, 0.3) is 0 Å². The summed E-state index contributed by atoms with van der Waals surface area (Å²) >= 11 is 10.9. The molecule has 1 aliphatic heterocycles.